The van der Waals surface area contributed by atoms with Crippen molar-refractivity contribution in [3.05, 3.63) is 70.7 Å². The number of hydrogen-bond donors (Lipinski definition) is 2. The van der Waals surface area contributed by atoms with E-state index in [-0.39, 0.29) is 24.0 Å². The van der Waals surface area contributed by atoms with Crippen LogP contribution in [0.4, 0.5) is 0 Å². The summed E-state index contributed by atoms with van der Waals surface area (Å²) in [7, 11) is 0. The van der Waals surface area contributed by atoms with Crippen molar-refractivity contribution in [3.8, 4) is 5.69 Å². The molecular weight excluding hydrogens is 519 g/mol. The number of benzene rings is 1. The Bertz CT molecular complexity index is 919. The van der Waals surface area contributed by atoms with Gasteiger partial charge < -0.3 is 10.6 Å². The number of aromatic nitrogens is 2. The first-order chi connectivity index (χ1) is 14.8. The van der Waals surface area contributed by atoms with Crippen LogP contribution in [0.1, 0.15) is 36.2 Å². The Morgan fingerprint density at radius 2 is 2.03 bits per heavy atom. The molecule has 1 aromatic carbocycles. The number of nitrogens with zero attached hydrogens (tertiary/aromatic N) is 4. The molecule has 1 aliphatic heterocycles. The fraction of sp³-hybridized carbons (Fsp3) is 0.391. The van der Waals surface area contributed by atoms with E-state index >= 15 is 0 Å². The normalized spacial score (nSPS) is 15.5. The number of aliphatic imine (C=N–C) groups is 1. The average Bonchev–Trinajstić information content (AvgIpc) is 3.56. The molecule has 0 bridgehead atoms. The van der Waals surface area contributed by atoms with Crippen LogP contribution < -0.4 is 10.6 Å². The van der Waals surface area contributed by atoms with Crippen LogP contribution in [0, 0.1) is 0 Å². The lowest BCUT2D eigenvalue weighted by molar-refractivity contribution is 0.249. The quantitative estimate of drug-likeness (QED) is 0.248. The molecule has 1 fully saturated rings. The maximum atomic E-state index is 4.84. The monoisotopic (exact) mass is 550 g/mol. The van der Waals surface area contributed by atoms with Crippen LogP contribution in [0.3, 0.4) is 0 Å². The Morgan fingerprint density at radius 1 is 1.16 bits per heavy atom. The lowest BCUT2D eigenvalue weighted by Crippen LogP contribution is -2.42. The molecule has 4 rings (SSSR count). The van der Waals surface area contributed by atoms with Crippen molar-refractivity contribution in [2.45, 2.75) is 32.4 Å². The van der Waals surface area contributed by atoms with E-state index in [0.717, 1.165) is 30.3 Å². The number of hydrogen-bond acceptors (Lipinski definition) is 4. The molecule has 0 saturated carbocycles. The minimum absolute atomic E-state index is 0. The predicted molar refractivity (Wildman–Crippen MR) is 140 cm³/mol. The second-order valence-electron chi connectivity index (χ2n) is 7.47. The van der Waals surface area contributed by atoms with Crippen LogP contribution in [0.5, 0.6) is 0 Å². The van der Waals surface area contributed by atoms with E-state index in [0.29, 0.717) is 12.6 Å². The molecule has 0 aliphatic carbocycles. The zero-order valence-corrected chi connectivity index (χ0v) is 21.1. The first kappa shape index (κ1) is 23.7. The molecule has 0 amide bonds. The zero-order chi connectivity index (χ0) is 20.6. The predicted octanol–water partition coefficient (Wildman–Crippen LogP) is 4.44. The van der Waals surface area contributed by atoms with Gasteiger partial charge in [-0.1, -0.05) is 18.2 Å². The third-order valence-corrected chi connectivity index (χ3v) is 6.33. The molecule has 0 radical (unpaired) electrons. The molecule has 3 heterocycles. The Balaban J connectivity index is 0.00000272. The Labute approximate surface area is 205 Å². The number of halogens is 1. The van der Waals surface area contributed by atoms with Gasteiger partial charge in [-0.15, -0.1) is 35.3 Å². The molecule has 2 aromatic heterocycles. The zero-order valence-electron chi connectivity index (χ0n) is 17.9. The first-order valence-electron chi connectivity index (χ1n) is 10.7. The minimum Gasteiger partial charge on any atom is -0.357 e. The molecule has 1 atom stereocenters. The van der Waals surface area contributed by atoms with E-state index in [9.17, 15) is 0 Å². The summed E-state index contributed by atoms with van der Waals surface area (Å²) in [4.78, 5) is 8.85. The van der Waals surface area contributed by atoms with Crippen LogP contribution in [-0.2, 0) is 6.54 Å². The summed E-state index contributed by atoms with van der Waals surface area (Å²) < 4.78 is 1.87. The standard InChI is InChI=1S/C23H30N6S.HI/c1-2-24-23(25-17-19-8-5-9-20(16-19)29-14-7-11-27-29)26-18-21(22-10-6-15-30-22)28-12-3-4-13-28;/h5-11,14-16,21H,2-4,12-13,17-18H2,1H3,(H2,24,25,26);1H. The molecule has 3 aromatic rings. The minimum atomic E-state index is 0. The summed E-state index contributed by atoms with van der Waals surface area (Å²) in [6.07, 6.45) is 6.34. The summed E-state index contributed by atoms with van der Waals surface area (Å²) in [5.74, 6) is 0.864. The van der Waals surface area contributed by atoms with Gasteiger partial charge in [0.05, 0.1) is 18.3 Å². The van der Waals surface area contributed by atoms with Gasteiger partial charge in [0.2, 0.25) is 0 Å². The first-order valence-corrected chi connectivity index (χ1v) is 11.6. The van der Waals surface area contributed by atoms with Gasteiger partial charge in [-0.05, 0) is 68.1 Å². The van der Waals surface area contributed by atoms with Crippen molar-refractivity contribution in [1.82, 2.24) is 25.3 Å². The number of guanidine groups is 1. The van der Waals surface area contributed by atoms with E-state index in [1.807, 2.05) is 28.3 Å². The Morgan fingerprint density at radius 3 is 2.74 bits per heavy atom. The molecule has 1 saturated heterocycles. The van der Waals surface area contributed by atoms with Crippen LogP contribution in [0.25, 0.3) is 5.69 Å². The highest BCUT2D eigenvalue weighted by atomic mass is 127. The fourth-order valence-electron chi connectivity index (χ4n) is 3.87. The Kier molecular flexibility index (Phi) is 9.35. The molecule has 8 heteroatoms. The maximum absolute atomic E-state index is 4.84. The van der Waals surface area contributed by atoms with E-state index in [4.69, 9.17) is 4.99 Å². The van der Waals surface area contributed by atoms with Gasteiger partial charge in [-0.2, -0.15) is 5.10 Å². The number of nitrogens with one attached hydrogen (secondary N) is 2. The van der Waals surface area contributed by atoms with Gasteiger partial charge in [0, 0.05) is 30.4 Å². The molecule has 2 N–H and O–H groups in total. The van der Waals surface area contributed by atoms with Gasteiger partial charge in [-0.25, -0.2) is 9.67 Å². The van der Waals surface area contributed by atoms with E-state index in [1.54, 1.807) is 6.20 Å². The van der Waals surface area contributed by atoms with E-state index in [2.05, 4.69) is 69.3 Å². The average molecular weight is 551 g/mol. The Hall–Kier alpha value is -1.91. The van der Waals surface area contributed by atoms with Crippen LogP contribution in [-0.4, -0.2) is 46.8 Å². The molecule has 166 valence electrons. The van der Waals surface area contributed by atoms with Gasteiger partial charge in [0.15, 0.2) is 5.96 Å². The van der Waals surface area contributed by atoms with E-state index in [1.165, 1.54) is 30.8 Å². The van der Waals surface area contributed by atoms with Crippen LogP contribution >= 0.6 is 35.3 Å². The largest absolute Gasteiger partial charge is 0.357 e. The molecule has 1 unspecified atom stereocenters. The summed E-state index contributed by atoms with van der Waals surface area (Å²) in [5, 5.41) is 13.5. The van der Waals surface area contributed by atoms with Crippen molar-refractivity contribution in [2.75, 3.05) is 26.2 Å². The van der Waals surface area contributed by atoms with Gasteiger partial charge in [0.1, 0.15) is 0 Å². The van der Waals surface area contributed by atoms with Crippen molar-refractivity contribution < 1.29 is 0 Å². The molecule has 1 aliphatic rings. The second kappa shape index (κ2) is 12.2. The van der Waals surface area contributed by atoms with Crippen LogP contribution in [0.15, 0.2) is 65.2 Å². The lowest BCUT2D eigenvalue weighted by Gasteiger charge is -2.27. The fourth-order valence-corrected chi connectivity index (χ4v) is 4.73. The molecular formula is C23H31IN6S. The molecule has 0 spiro atoms. The summed E-state index contributed by atoms with van der Waals surface area (Å²) >= 11 is 1.84. The molecule has 31 heavy (non-hydrogen) atoms. The SMILES string of the molecule is CCNC(=NCc1cccc(-n2cccn2)c1)NCC(c1cccs1)N1CCCC1.I. The topological polar surface area (TPSA) is 57.5 Å². The number of rotatable bonds is 8. The summed E-state index contributed by atoms with van der Waals surface area (Å²) in [6.45, 7) is 6.78. The molecule has 6 nitrogen and oxygen atoms in total. The van der Waals surface area contributed by atoms with Crippen molar-refractivity contribution in [2.24, 2.45) is 4.99 Å². The number of likely N-dealkylation sites (tertiary alicyclic amines) is 1. The van der Waals surface area contributed by atoms with Crippen molar-refractivity contribution >= 4 is 41.3 Å². The highest BCUT2D eigenvalue weighted by Gasteiger charge is 2.24. The number of thiophene rings is 1. The highest BCUT2D eigenvalue weighted by molar-refractivity contribution is 14.0. The third-order valence-electron chi connectivity index (χ3n) is 5.36. The third kappa shape index (κ3) is 6.54. The smallest absolute Gasteiger partial charge is 0.191 e. The van der Waals surface area contributed by atoms with Gasteiger partial charge >= 0.3 is 0 Å². The summed E-state index contributed by atoms with van der Waals surface area (Å²) in [6, 6.07) is 15.1. The maximum Gasteiger partial charge on any atom is 0.191 e. The van der Waals surface area contributed by atoms with Crippen LogP contribution in [0.2, 0.25) is 0 Å². The second-order valence-corrected chi connectivity index (χ2v) is 8.45. The van der Waals surface area contributed by atoms with E-state index < -0.39 is 0 Å². The van der Waals surface area contributed by atoms with Crippen molar-refractivity contribution in [1.29, 1.82) is 0 Å². The summed E-state index contributed by atoms with van der Waals surface area (Å²) in [5.41, 5.74) is 2.21. The van der Waals surface area contributed by atoms with Gasteiger partial charge in [-0.3, -0.25) is 4.90 Å². The highest BCUT2D eigenvalue weighted by Crippen LogP contribution is 2.27. The van der Waals surface area contributed by atoms with Crippen molar-refractivity contribution in [3.63, 3.8) is 0 Å². The van der Waals surface area contributed by atoms with Gasteiger partial charge in [0.25, 0.3) is 0 Å². The lowest BCUT2D eigenvalue weighted by atomic mass is 10.2.